The van der Waals surface area contributed by atoms with Crippen LogP contribution in [0.1, 0.15) is 25.0 Å². The summed E-state index contributed by atoms with van der Waals surface area (Å²) in [6.45, 7) is 4.70. The van der Waals surface area contributed by atoms with E-state index in [9.17, 15) is 0 Å². The van der Waals surface area contributed by atoms with Crippen LogP contribution in [0.25, 0.3) is 43.8 Å². The van der Waals surface area contributed by atoms with Crippen LogP contribution in [0.3, 0.4) is 0 Å². The van der Waals surface area contributed by atoms with E-state index in [2.05, 4.69) is 152 Å². The summed E-state index contributed by atoms with van der Waals surface area (Å²) >= 11 is 0. The van der Waals surface area contributed by atoms with E-state index in [0.29, 0.717) is 0 Å². The van der Waals surface area contributed by atoms with Gasteiger partial charge in [0.2, 0.25) is 0 Å². The highest BCUT2D eigenvalue weighted by molar-refractivity contribution is 6.09. The van der Waals surface area contributed by atoms with Crippen LogP contribution in [-0.4, -0.2) is 0 Å². The van der Waals surface area contributed by atoms with E-state index >= 15 is 0 Å². The van der Waals surface area contributed by atoms with Crippen molar-refractivity contribution in [3.63, 3.8) is 0 Å². The fraction of sp³-hybridized carbons (Fsp3) is 0.0732. The van der Waals surface area contributed by atoms with E-state index in [1.807, 2.05) is 12.1 Å². The van der Waals surface area contributed by atoms with E-state index in [1.54, 1.807) is 0 Å². The van der Waals surface area contributed by atoms with Gasteiger partial charge in [-0.25, -0.2) is 0 Å². The Kier molecular flexibility index (Phi) is 5.67. The molecule has 0 fully saturated rings. The summed E-state index contributed by atoms with van der Waals surface area (Å²) in [7, 11) is 0. The first-order valence-electron chi connectivity index (χ1n) is 14.9. The third-order valence-corrected chi connectivity index (χ3v) is 9.20. The highest BCUT2D eigenvalue weighted by Crippen LogP contribution is 2.51. The van der Waals surface area contributed by atoms with E-state index in [1.165, 1.54) is 49.4 Å². The van der Waals surface area contributed by atoms with Crippen LogP contribution in [0.5, 0.6) is 0 Å². The minimum Gasteiger partial charge on any atom is -0.399 e. The summed E-state index contributed by atoms with van der Waals surface area (Å²) in [6, 6.07) is 52.6. The van der Waals surface area contributed by atoms with Gasteiger partial charge in [0.25, 0.3) is 0 Å². The van der Waals surface area contributed by atoms with Crippen LogP contribution in [0, 0.1) is 0 Å². The molecule has 0 atom stereocenters. The number of hydrogen-bond donors (Lipinski definition) is 1. The molecule has 1 aliphatic carbocycles. The number of benzene rings is 7. The quantitative estimate of drug-likeness (QED) is 0.220. The van der Waals surface area contributed by atoms with Crippen molar-refractivity contribution in [1.29, 1.82) is 0 Å². The van der Waals surface area contributed by atoms with Crippen molar-refractivity contribution in [2.75, 3.05) is 10.6 Å². The molecular formula is C41H32N2. The molecule has 8 rings (SSSR count). The molecule has 7 aromatic rings. The molecule has 43 heavy (non-hydrogen) atoms. The summed E-state index contributed by atoms with van der Waals surface area (Å²) in [6.07, 6.45) is 0. The average Bonchev–Trinajstić information content (AvgIpc) is 3.28. The summed E-state index contributed by atoms with van der Waals surface area (Å²) in [5.41, 5.74) is 17.9. The molecule has 2 nitrogen and oxygen atoms in total. The van der Waals surface area contributed by atoms with Crippen LogP contribution in [-0.2, 0) is 5.41 Å². The Morgan fingerprint density at radius 3 is 1.95 bits per heavy atom. The van der Waals surface area contributed by atoms with Gasteiger partial charge in [-0.05, 0) is 80.6 Å². The minimum absolute atomic E-state index is 0.0898. The molecule has 2 heteroatoms. The second-order valence-corrected chi connectivity index (χ2v) is 12.0. The first-order valence-corrected chi connectivity index (χ1v) is 14.9. The number of rotatable bonds is 4. The maximum atomic E-state index is 6.03. The van der Waals surface area contributed by atoms with Crippen molar-refractivity contribution in [2.45, 2.75) is 19.3 Å². The van der Waals surface area contributed by atoms with Gasteiger partial charge in [0.05, 0.1) is 11.4 Å². The Morgan fingerprint density at radius 2 is 1.12 bits per heavy atom. The van der Waals surface area contributed by atoms with Crippen LogP contribution in [0.15, 0.2) is 146 Å². The zero-order valence-corrected chi connectivity index (χ0v) is 24.4. The molecule has 2 N–H and O–H groups in total. The second-order valence-electron chi connectivity index (χ2n) is 12.0. The maximum Gasteiger partial charge on any atom is 0.0540 e. The molecule has 0 heterocycles. The summed E-state index contributed by atoms with van der Waals surface area (Å²) in [5, 5.41) is 4.86. The van der Waals surface area contributed by atoms with Gasteiger partial charge < -0.3 is 10.6 Å². The lowest BCUT2D eigenvalue weighted by molar-refractivity contribution is 0.660. The van der Waals surface area contributed by atoms with E-state index in [-0.39, 0.29) is 5.41 Å². The molecule has 0 amide bonds. The Bertz CT molecular complexity index is 2170. The SMILES string of the molecule is CC1(C)c2ccccc2-c2ccc(N(c3cccc4ccccc34)c3ccc(-c4ccc(N)cc4)c4ccccc34)cc21. The fourth-order valence-corrected chi connectivity index (χ4v) is 7.04. The molecule has 0 aliphatic heterocycles. The molecule has 0 aromatic heterocycles. The van der Waals surface area contributed by atoms with Crippen LogP contribution >= 0.6 is 0 Å². The third kappa shape index (κ3) is 3.94. The highest BCUT2D eigenvalue weighted by atomic mass is 15.1. The van der Waals surface area contributed by atoms with Crippen LogP contribution in [0.4, 0.5) is 22.7 Å². The predicted molar refractivity (Wildman–Crippen MR) is 184 cm³/mol. The molecule has 206 valence electrons. The van der Waals surface area contributed by atoms with Gasteiger partial charge in [0.1, 0.15) is 0 Å². The molecule has 0 saturated heterocycles. The number of nitrogens with two attached hydrogens (primary N) is 1. The van der Waals surface area contributed by atoms with Gasteiger partial charge in [-0.15, -0.1) is 0 Å². The number of fused-ring (bicyclic) bond motifs is 5. The number of hydrogen-bond acceptors (Lipinski definition) is 2. The van der Waals surface area contributed by atoms with Gasteiger partial charge in [-0.2, -0.15) is 0 Å². The molecule has 0 spiro atoms. The van der Waals surface area contributed by atoms with Crippen LogP contribution < -0.4 is 10.6 Å². The van der Waals surface area contributed by atoms with Gasteiger partial charge in [0.15, 0.2) is 0 Å². The summed E-state index contributed by atoms with van der Waals surface area (Å²) < 4.78 is 0. The van der Waals surface area contributed by atoms with Gasteiger partial charge in [0, 0.05) is 27.6 Å². The van der Waals surface area contributed by atoms with Crippen molar-refractivity contribution in [2.24, 2.45) is 0 Å². The fourth-order valence-electron chi connectivity index (χ4n) is 7.04. The minimum atomic E-state index is -0.0898. The van der Waals surface area contributed by atoms with Crippen molar-refractivity contribution in [3.05, 3.63) is 157 Å². The Balaban J connectivity index is 1.40. The first kappa shape index (κ1) is 25.4. The van der Waals surface area contributed by atoms with Gasteiger partial charge in [-0.3, -0.25) is 0 Å². The van der Waals surface area contributed by atoms with E-state index in [4.69, 9.17) is 5.73 Å². The molecule has 0 saturated carbocycles. The molecule has 7 aromatic carbocycles. The molecule has 0 radical (unpaired) electrons. The maximum absolute atomic E-state index is 6.03. The largest absolute Gasteiger partial charge is 0.399 e. The topological polar surface area (TPSA) is 29.3 Å². The lowest BCUT2D eigenvalue weighted by Gasteiger charge is -2.30. The molecule has 0 bridgehead atoms. The van der Waals surface area contributed by atoms with Gasteiger partial charge in [-0.1, -0.05) is 123 Å². The second kappa shape index (κ2) is 9.61. The Hall–Kier alpha value is -5.34. The standard InChI is InChI=1S/C41H32N2/c1-41(2)37-16-8-7-14-34(37)35-23-22-30(26-38(35)41)43(39-17-9-11-27-10-3-4-12-32(27)39)40-25-24-31(28-18-20-29(42)21-19-28)33-13-5-6-15-36(33)40/h3-26H,42H2,1-2H3. The van der Waals surface area contributed by atoms with Crippen molar-refractivity contribution >= 4 is 44.3 Å². The zero-order chi connectivity index (χ0) is 29.1. The Morgan fingerprint density at radius 1 is 0.488 bits per heavy atom. The molecular weight excluding hydrogens is 520 g/mol. The number of nitrogens with zero attached hydrogens (tertiary/aromatic N) is 1. The van der Waals surface area contributed by atoms with E-state index < -0.39 is 0 Å². The normalized spacial score (nSPS) is 13.2. The zero-order valence-electron chi connectivity index (χ0n) is 24.4. The predicted octanol–water partition coefficient (Wildman–Crippen LogP) is 11.0. The number of anilines is 4. The Labute approximate surface area is 252 Å². The molecule has 0 unspecified atom stereocenters. The van der Waals surface area contributed by atoms with Crippen molar-refractivity contribution in [1.82, 2.24) is 0 Å². The van der Waals surface area contributed by atoms with Crippen molar-refractivity contribution < 1.29 is 0 Å². The van der Waals surface area contributed by atoms with Crippen molar-refractivity contribution in [3.8, 4) is 22.3 Å². The first-order chi connectivity index (χ1) is 21.0. The number of nitrogen functional groups attached to an aromatic ring is 1. The lowest BCUT2D eigenvalue weighted by Crippen LogP contribution is -2.16. The van der Waals surface area contributed by atoms with Crippen LogP contribution in [0.2, 0.25) is 0 Å². The third-order valence-electron chi connectivity index (χ3n) is 9.20. The molecule has 1 aliphatic rings. The monoisotopic (exact) mass is 552 g/mol. The average molecular weight is 553 g/mol. The highest BCUT2D eigenvalue weighted by Gasteiger charge is 2.35. The van der Waals surface area contributed by atoms with E-state index in [0.717, 1.165) is 28.3 Å². The summed E-state index contributed by atoms with van der Waals surface area (Å²) in [5.74, 6) is 0. The van der Waals surface area contributed by atoms with Gasteiger partial charge >= 0.3 is 0 Å². The lowest BCUT2D eigenvalue weighted by atomic mass is 9.82. The smallest absolute Gasteiger partial charge is 0.0540 e. The summed E-state index contributed by atoms with van der Waals surface area (Å²) in [4.78, 5) is 2.46.